The molecule has 0 atom stereocenters. The first kappa shape index (κ1) is 27.4. The Labute approximate surface area is 225 Å². The summed E-state index contributed by atoms with van der Waals surface area (Å²) in [5, 5.41) is 5.35. The van der Waals surface area contributed by atoms with Gasteiger partial charge in [-0.25, -0.2) is 12.8 Å². The Kier molecular flexibility index (Phi) is 8.62. The number of hydrogen-bond donors (Lipinski definition) is 2. The molecule has 3 aromatic carbocycles. The minimum Gasteiger partial charge on any atom is -0.494 e. The third kappa shape index (κ3) is 6.82. The summed E-state index contributed by atoms with van der Waals surface area (Å²) in [4.78, 5) is 25.8. The van der Waals surface area contributed by atoms with E-state index < -0.39 is 34.2 Å². The molecule has 0 saturated heterocycles. The minimum atomic E-state index is -4.27. The molecule has 2 amide bonds. The number of halogens is 1. The van der Waals surface area contributed by atoms with Crippen molar-refractivity contribution in [3.63, 3.8) is 0 Å². The van der Waals surface area contributed by atoms with Crippen LogP contribution in [0, 0.1) is 5.82 Å². The van der Waals surface area contributed by atoms with E-state index in [1.807, 2.05) is 6.92 Å². The Morgan fingerprint density at radius 2 is 1.67 bits per heavy atom. The van der Waals surface area contributed by atoms with Crippen LogP contribution in [0.5, 0.6) is 5.75 Å². The predicted molar refractivity (Wildman–Crippen MR) is 143 cm³/mol. The summed E-state index contributed by atoms with van der Waals surface area (Å²) in [5.74, 6) is -0.659. The maximum Gasteiger partial charge on any atom is 0.264 e. The maximum atomic E-state index is 13.5. The SMILES string of the molecule is CCOc1ccc(N(CC(=O)Nc2ccccc2C(=O)NCc2ccco2)S(=O)(=O)c2ccc(F)cc2)cc1. The lowest BCUT2D eigenvalue weighted by atomic mass is 10.1. The molecule has 0 unspecified atom stereocenters. The number of amides is 2. The average Bonchev–Trinajstić information content (AvgIpc) is 3.45. The van der Waals surface area contributed by atoms with Crippen LogP contribution in [-0.2, 0) is 21.4 Å². The van der Waals surface area contributed by atoms with Crippen LogP contribution in [0.1, 0.15) is 23.0 Å². The second-order valence-electron chi connectivity index (χ2n) is 8.25. The predicted octanol–water partition coefficient (Wildman–Crippen LogP) is 4.58. The molecule has 1 aromatic heterocycles. The van der Waals surface area contributed by atoms with Crippen LogP contribution in [0.2, 0.25) is 0 Å². The van der Waals surface area contributed by atoms with Crippen molar-refractivity contribution in [1.29, 1.82) is 0 Å². The fourth-order valence-corrected chi connectivity index (χ4v) is 5.13. The Morgan fingerprint density at radius 3 is 2.33 bits per heavy atom. The fourth-order valence-electron chi connectivity index (χ4n) is 3.71. The van der Waals surface area contributed by atoms with Gasteiger partial charge in [0.25, 0.3) is 15.9 Å². The molecule has 0 aliphatic rings. The number of nitrogens with one attached hydrogen (secondary N) is 2. The van der Waals surface area contributed by atoms with Crippen molar-refractivity contribution >= 4 is 33.2 Å². The largest absolute Gasteiger partial charge is 0.494 e. The molecule has 0 spiro atoms. The first-order chi connectivity index (χ1) is 18.8. The molecule has 1 heterocycles. The zero-order valence-corrected chi connectivity index (χ0v) is 21.8. The number of carbonyl (C=O) groups excluding carboxylic acids is 2. The molecule has 11 heteroatoms. The van der Waals surface area contributed by atoms with E-state index in [0.717, 1.165) is 28.6 Å². The van der Waals surface area contributed by atoms with E-state index in [2.05, 4.69) is 10.6 Å². The number of nitrogens with zero attached hydrogens (tertiary/aromatic N) is 1. The quantitative estimate of drug-likeness (QED) is 0.282. The van der Waals surface area contributed by atoms with Crippen molar-refractivity contribution in [3.8, 4) is 5.75 Å². The number of ether oxygens (including phenoxy) is 1. The van der Waals surface area contributed by atoms with E-state index in [0.29, 0.717) is 18.1 Å². The van der Waals surface area contributed by atoms with Gasteiger partial charge in [0.15, 0.2) is 0 Å². The first-order valence-corrected chi connectivity index (χ1v) is 13.4. The molecule has 202 valence electrons. The highest BCUT2D eigenvalue weighted by Crippen LogP contribution is 2.26. The average molecular weight is 552 g/mol. The number of furan rings is 1. The summed E-state index contributed by atoms with van der Waals surface area (Å²) in [6.07, 6.45) is 1.49. The lowest BCUT2D eigenvalue weighted by molar-refractivity contribution is -0.114. The highest BCUT2D eigenvalue weighted by molar-refractivity contribution is 7.92. The van der Waals surface area contributed by atoms with Crippen LogP contribution in [0.25, 0.3) is 0 Å². The normalized spacial score (nSPS) is 11.0. The topological polar surface area (TPSA) is 118 Å². The second kappa shape index (κ2) is 12.3. The van der Waals surface area contributed by atoms with Gasteiger partial charge in [-0.1, -0.05) is 12.1 Å². The summed E-state index contributed by atoms with van der Waals surface area (Å²) in [6.45, 7) is 1.78. The lowest BCUT2D eigenvalue weighted by Crippen LogP contribution is -2.38. The zero-order valence-electron chi connectivity index (χ0n) is 21.0. The van der Waals surface area contributed by atoms with Gasteiger partial charge in [0.1, 0.15) is 23.9 Å². The van der Waals surface area contributed by atoms with E-state index in [9.17, 15) is 22.4 Å². The number of carbonyl (C=O) groups is 2. The molecule has 0 bridgehead atoms. The molecule has 0 saturated carbocycles. The minimum absolute atomic E-state index is 0.148. The van der Waals surface area contributed by atoms with Gasteiger partial charge < -0.3 is 19.8 Å². The van der Waals surface area contributed by atoms with Crippen molar-refractivity contribution < 1.29 is 31.6 Å². The molecular formula is C28H26FN3O6S. The standard InChI is InChI=1S/C28H26FN3O6S/c1-2-37-22-13-11-21(12-14-22)32(39(35,36)24-15-9-20(29)10-16-24)19-27(33)31-26-8-4-3-7-25(26)28(34)30-18-23-6-5-17-38-23/h3-17H,2,18-19H2,1H3,(H,30,34)(H,31,33). The Morgan fingerprint density at radius 1 is 0.949 bits per heavy atom. The third-order valence-electron chi connectivity index (χ3n) is 5.57. The van der Waals surface area contributed by atoms with Crippen molar-refractivity contribution in [2.45, 2.75) is 18.4 Å². The molecule has 4 rings (SSSR count). The number of rotatable bonds is 11. The Balaban J connectivity index is 1.57. The molecular weight excluding hydrogens is 525 g/mol. The van der Waals surface area contributed by atoms with E-state index >= 15 is 0 Å². The van der Waals surface area contributed by atoms with E-state index in [-0.39, 0.29) is 28.4 Å². The molecule has 39 heavy (non-hydrogen) atoms. The first-order valence-electron chi connectivity index (χ1n) is 12.0. The Bertz CT molecular complexity index is 1520. The molecule has 0 fully saturated rings. The summed E-state index contributed by atoms with van der Waals surface area (Å²) >= 11 is 0. The van der Waals surface area contributed by atoms with Gasteiger partial charge >= 0.3 is 0 Å². The number of hydrogen-bond acceptors (Lipinski definition) is 6. The third-order valence-corrected chi connectivity index (χ3v) is 7.36. The molecule has 9 nitrogen and oxygen atoms in total. The number of anilines is 2. The van der Waals surface area contributed by atoms with Crippen molar-refractivity contribution in [2.75, 3.05) is 22.8 Å². The zero-order chi connectivity index (χ0) is 27.8. The highest BCUT2D eigenvalue weighted by atomic mass is 32.2. The van der Waals surface area contributed by atoms with Crippen LogP contribution in [0.4, 0.5) is 15.8 Å². The molecule has 4 aromatic rings. The van der Waals surface area contributed by atoms with Crippen LogP contribution >= 0.6 is 0 Å². The summed E-state index contributed by atoms with van der Waals surface area (Å²) in [7, 11) is -4.27. The van der Waals surface area contributed by atoms with Gasteiger partial charge in [-0.3, -0.25) is 13.9 Å². The molecule has 0 aliphatic heterocycles. The second-order valence-corrected chi connectivity index (χ2v) is 10.1. The van der Waals surface area contributed by atoms with Crippen molar-refractivity contribution in [3.05, 3.63) is 108 Å². The smallest absolute Gasteiger partial charge is 0.264 e. The monoisotopic (exact) mass is 551 g/mol. The van der Waals surface area contributed by atoms with Gasteiger partial charge in [-0.15, -0.1) is 0 Å². The van der Waals surface area contributed by atoms with Crippen molar-refractivity contribution in [2.24, 2.45) is 0 Å². The van der Waals surface area contributed by atoms with E-state index in [1.165, 1.54) is 30.5 Å². The number of sulfonamides is 1. The molecule has 0 aliphatic carbocycles. The molecule has 2 N–H and O–H groups in total. The van der Waals surface area contributed by atoms with Crippen LogP contribution < -0.4 is 19.7 Å². The Hall–Kier alpha value is -4.64. The van der Waals surface area contributed by atoms with Gasteiger partial charge in [0.05, 0.1) is 41.2 Å². The highest BCUT2D eigenvalue weighted by Gasteiger charge is 2.28. The summed E-state index contributed by atoms with van der Waals surface area (Å²) < 4.78 is 52.1. The maximum absolute atomic E-state index is 13.5. The van der Waals surface area contributed by atoms with Gasteiger partial charge in [0.2, 0.25) is 5.91 Å². The van der Waals surface area contributed by atoms with E-state index in [4.69, 9.17) is 9.15 Å². The van der Waals surface area contributed by atoms with Gasteiger partial charge in [-0.05, 0) is 79.7 Å². The van der Waals surface area contributed by atoms with Gasteiger partial charge in [-0.2, -0.15) is 0 Å². The summed E-state index contributed by atoms with van der Waals surface area (Å²) in [6, 6.07) is 20.3. The van der Waals surface area contributed by atoms with Crippen LogP contribution in [0.15, 0.2) is 101 Å². The van der Waals surface area contributed by atoms with Gasteiger partial charge in [0, 0.05) is 0 Å². The number of para-hydroxylation sites is 1. The lowest BCUT2D eigenvalue weighted by Gasteiger charge is -2.24. The van der Waals surface area contributed by atoms with Crippen LogP contribution in [0.3, 0.4) is 0 Å². The van der Waals surface area contributed by atoms with Crippen LogP contribution in [-0.4, -0.2) is 33.4 Å². The molecule has 0 radical (unpaired) electrons. The van der Waals surface area contributed by atoms with E-state index in [1.54, 1.807) is 36.4 Å². The number of benzene rings is 3. The fraction of sp³-hybridized carbons (Fsp3) is 0.143. The van der Waals surface area contributed by atoms with Crippen molar-refractivity contribution in [1.82, 2.24) is 5.32 Å². The summed E-state index contributed by atoms with van der Waals surface area (Å²) in [5.41, 5.74) is 0.582.